The van der Waals surface area contributed by atoms with E-state index in [1.807, 2.05) is 0 Å². The Bertz CT molecular complexity index is 1180. The molecule has 1 saturated carbocycles. The number of thiazole rings is 1. The predicted octanol–water partition coefficient (Wildman–Crippen LogP) is 5.17. The Kier molecular flexibility index (Phi) is 7.06. The van der Waals surface area contributed by atoms with E-state index in [4.69, 9.17) is 9.47 Å². The van der Waals surface area contributed by atoms with Gasteiger partial charge in [-0.2, -0.15) is 28.2 Å². The van der Waals surface area contributed by atoms with Gasteiger partial charge in [0.2, 0.25) is 5.13 Å². The molecule has 0 amide bonds. The second kappa shape index (κ2) is 10.2. The van der Waals surface area contributed by atoms with Crippen LogP contribution in [0.3, 0.4) is 0 Å². The second-order valence-corrected chi connectivity index (χ2v) is 8.26. The van der Waals surface area contributed by atoms with Crippen molar-refractivity contribution in [2.45, 2.75) is 38.3 Å². The van der Waals surface area contributed by atoms with Gasteiger partial charge in [0, 0.05) is 11.3 Å². The Balaban J connectivity index is 1.36. The van der Waals surface area contributed by atoms with E-state index in [1.54, 1.807) is 42.8 Å². The number of hydrazone groups is 1. The lowest BCUT2D eigenvalue weighted by Crippen LogP contribution is -2.11. The number of anilines is 1. The van der Waals surface area contributed by atoms with Gasteiger partial charge in [0.25, 0.3) is 0 Å². The van der Waals surface area contributed by atoms with Gasteiger partial charge in [0.05, 0.1) is 30.6 Å². The van der Waals surface area contributed by atoms with Crippen LogP contribution in [0.5, 0.6) is 11.8 Å². The van der Waals surface area contributed by atoms with E-state index in [1.165, 1.54) is 11.3 Å². The van der Waals surface area contributed by atoms with Crippen LogP contribution in [0.4, 0.5) is 18.3 Å². The van der Waals surface area contributed by atoms with Gasteiger partial charge < -0.3 is 9.47 Å². The van der Waals surface area contributed by atoms with Crippen molar-refractivity contribution in [2.75, 3.05) is 12.0 Å². The van der Waals surface area contributed by atoms with Crippen LogP contribution in [0, 0.1) is 0 Å². The number of hydrogen-bond donors (Lipinski definition) is 1. The molecule has 1 N–H and O–H groups in total. The minimum atomic E-state index is -4.57. The number of nitrogens with one attached hydrogen (secondary N) is 1. The first-order valence-corrected chi connectivity index (χ1v) is 11.3. The Morgan fingerprint density at radius 1 is 1.24 bits per heavy atom. The van der Waals surface area contributed by atoms with Crippen LogP contribution in [0.25, 0.3) is 0 Å². The molecule has 1 fully saturated rings. The standard InChI is InChI=1S/C22H20F3N5O3S/c1-2-32-19(31)9-15-12-34-21(27-15)30-26-11-13-3-7-16(8-4-13)33-20-28-17(14-5-6-14)10-18(29-20)22(23,24)25/h3-4,7-8,10-12,14H,2,5-6,9H2,1H3,(H,27,30). The smallest absolute Gasteiger partial charge is 0.433 e. The van der Waals surface area contributed by atoms with Crippen molar-refractivity contribution in [1.82, 2.24) is 15.0 Å². The fourth-order valence-corrected chi connectivity index (χ4v) is 3.57. The summed E-state index contributed by atoms with van der Waals surface area (Å²) in [6, 6.07) is 7.19. The Morgan fingerprint density at radius 3 is 2.68 bits per heavy atom. The van der Waals surface area contributed by atoms with Gasteiger partial charge >= 0.3 is 18.2 Å². The van der Waals surface area contributed by atoms with Crippen molar-refractivity contribution in [3.05, 3.63) is 58.4 Å². The molecule has 4 rings (SSSR count). The van der Waals surface area contributed by atoms with Crippen LogP contribution in [0.2, 0.25) is 0 Å². The number of halogens is 3. The molecule has 34 heavy (non-hydrogen) atoms. The van der Waals surface area contributed by atoms with Gasteiger partial charge in [-0.15, -0.1) is 11.3 Å². The molecule has 2 heterocycles. The Morgan fingerprint density at radius 2 is 2.00 bits per heavy atom. The second-order valence-electron chi connectivity index (χ2n) is 7.40. The lowest BCUT2D eigenvalue weighted by atomic mass is 10.2. The quantitative estimate of drug-likeness (QED) is 0.250. The van der Waals surface area contributed by atoms with Crippen LogP contribution in [-0.4, -0.2) is 33.7 Å². The highest BCUT2D eigenvalue weighted by molar-refractivity contribution is 7.13. The average molecular weight is 491 g/mol. The van der Waals surface area contributed by atoms with Crippen molar-refractivity contribution in [2.24, 2.45) is 5.10 Å². The van der Waals surface area contributed by atoms with E-state index in [0.717, 1.165) is 18.9 Å². The van der Waals surface area contributed by atoms with Gasteiger partial charge in [-0.1, -0.05) is 0 Å². The third kappa shape index (κ3) is 6.50. The van der Waals surface area contributed by atoms with Crippen LogP contribution < -0.4 is 10.2 Å². The molecule has 0 aliphatic heterocycles. The summed E-state index contributed by atoms with van der Waals surface area (Å²) in [4.78, 5) is 23.4. The van der Waals surface area contributed by atoms with E-state index in [0.29, 0.717) is 34.4 Å². The van der Waals surface area contributed by atoms with Crippen molar-refractivity contribution in [3.8, 4) is 11.8 Å². The van der Waals surface area contributed by atoms with Crippen LogP contribution in [0.1, 0.15) is 48.3 Å². The molecule has 12 heteroatoms. The van der Waals surface area contributed by atoms with Crippen molar-refractivity contribution >= 4 is 28.7 Å². The summed E-state index contributed by atoms with van der Waals surface area (Å²) in [5.41, 5.74) is 3.42. The Labute approximate surface area is 196 Å². The highest BCUT2D eigenvalue weighted by Gasteiger charge is 2.36. The van der Waals surface area contributed by atoms with Gasteiger partial charge in [-0.3, -0.25) is 10.2 Å². The molecular formula is C22H20F3N5O3S. The number of rotatable bonds is 9. The first-order valence-electron chi connectivity index (χ1n) is 10.4. The van der Waals surface area contributed by atoms with Crippen molar-refractivity contribution in [3.63, 3.8) is 0 Å². The molecule has 0 saturated heterocycles. The Hall–Kier alpha value is -3.54. The van der Waals surface area contributed by atoms with Crippen LogP contribution in [0.15, 0.2) is 40.8 Å². The number of carbonyl (C=O) groups excluding carboxylic acids is 1. The van der Waals surface area contributed by atoms with E-state index in [2.05, 4.69) is 25.5 Å². The number of hydrogen-bond acceptors (Lipinski definition) is 9. The number of benzene rings is 1. The molecule has 0 bridgehead atoms. The first-order chi connectivity index (χ1) is 16.3. The van der Waals surface area contributed by atoms with E-state index in [9.17, 15) is 18.0 Å². The summed E-state index contributed by atoms with van der Waals surface area (Å²) in [6.07, 6.45) is -1.32. The molecule has 1 aromatic carbocycles. The minimum Gasteiger partial charge on any atom is -0.466 e. The zero-order valence-corrected chi connectivity index (χ0v) is 18.8. The summed E-state index contributed by atoms with van der Waals surface area (Å²) in [6.45, 7) is 2.06. The highest BCUT2D eigenvalue weighted by atomic mass is 32.1. The van der Waals surface area contributed by atoms with Gasteiger partial charge in [-0.25, -0.2) is 4.98 Å². The summed E-state index contributed by atoms with van der Waals surface area (Å²) in [5, 5.41) is 6.36. The third-order valence-corrected chi connectivity index (χ3v) is 5.45. The molecular weight excluding hydrogens is 471 g/mol. The SMILES string of the molecule is CCOC(=O)Cc1csc(NN=Cc2ccc(Oc3nc(C4CC4)cc(C(F)(F)F)n3)cc2)n1. The molecule has 0 radical (unpaired) electrons. The number of alkyl halides is 3. The van der Waals surface area contributed by atoms with Gasteiger partial charge in [-0.05, 0) is 55.7 Å². The third-order valence-electron chi connectivity index (χ3n) is 4.66. The molecule has 3 aromatic rings. The van der Waals surface area contributed by atoms with Crippen LogP contribution >= 0.6 is 11.3 Å². The zero-order chi connectivity index (χ0) is 24.1. The summed E-state index contributed by atoms with van der Waals surface area (Å²) >= 11 is 1.30. The molecule has 1 aliphatic carbocycles. The van der Waals surface area contributed by atoms with E-state index >= 15 is 0 Å². The predicted molar refractivity (Wildman–Crippen MR) is 119 cm³/mol. The number of ether oxygens (including phenoxy) is 2. The number of aromatic nitrogens is 3. The number of carbonyl (C=O) groups is 1. The molecule has 8 nitrogen and oxygen atoms in total. The zero-order valence-electron chi connectivity index (χ0n) is 18.0. The minimum absolute atomic E-state index is 0.0246. The molecule has 0 unspecified atom stereocenters. The molecule has 0 atom stereocenters. The average Bonchev–Trinajstić information content (AvgIpc) is 3.55. The lowest BCUT2D eigenvalue weighted by Gasteiger charge is -2.10. The lowest BCUT2D eigenvalue weighted by molar-refractivity contribution is -0.142. The summed E-state index contributed by atoms with van der Waals surface area (Å²) in [7, 11) is 0. The molecule has 1 aliphatic rings. The molecule has 2 aromatic heterocycles. The van der Waals surface area contributed by atoms with Gasteiger partial charge in [0.15, 0.2) is 5.69 Å². The molecule has 178 valence electrons. The van der Waals surface area contributed by atoms with Crippen LogP contribution in [-0.2, 0) is 22.1 Å². The summed E-state index contributed by atoms with van der Waals surface area (Å²) in [5.74, 6) is -0.0178. The monoisotopic (exact) mass is 491 g/mol. The van der Waals surface area contributed by atoms with Crippen molar-refractivity contribution in [1.29, 1.82) is 0 Å². The first kappa shape index (κ1) is 23.6. The van der Waals surface area contributed by atoms with Gasteiger partial charge in [0.1, 0.15) is 5.75 Å². The van der Waals surface area contributed by atoms with Crippen molar-refractivity contribution < 1.29 is 27.4 Å². The normalized spacial score (nSPS) is 13.8. The number of esters is 1. The summed E-state index contributed by atoms with van der Waals surface area (Å²) < 4.78 is 49.9. The topological polar surface area (TPSA) is 98.6 Å². The maximum absolute atomic E-state index is 13.2. The molecule has 0 spiro atoms. The highest BCUT2D eigenvalue weighted by Crippen LogP contribution is 2.41. The van der Waals surface area contributed by atoms with E-state index in [-0.39, 0.29) is 24.3 Å². The largest absolute Gasteiger partial charge is 0.466 e. The maximum atomic E-state index is 13.2. The van der Waals surface area contributed by atoms with E-state index < -0.39 is 11.9 Å². The fourth-order valence-electron chi connectivity index (χ4n) is 2.91. The maximum Gasteiger partial charge on any atom is 0.433 e. The number of nitrogens with zero attached hydrogens (tertiary/aromatic N) is 4. The fraction of sp³-hybridized carbons (Fsp3) is 0.318.